The maximum absolute atomic E-state index is 13.1. The Morgan fingerprint density at radius 3 is 2.55 bits per heavy atom. The van der Waals surface area contributed by atoms with Gasteiger partial charge in [0, 0.05) is 11.1 Å². The van der Waals surface area contributed by atoms with Crippen LogP contribution in [0.1, 0.15) is 50.2 Å². The van der Waals surface area contributed by atoms with Gasteiger partial charge >= 0.3 is 0 Å². The maximum Gasteiger partial charge on any atom is 0.274 e. The van der Waals surface area contributed by atoms with Crippen molar-refractivity contribution in [2.45, 2.75) is 25.8 Å². The van der Waals surface area contributed by atoms with E-state index in [1.807, 2.05) is 25.1 Å². The molecule has 3 aromatic rings. The number of hydrogen-bond acceptors (Lipinski definition) is 5. The Balaban J connectivity index is 1.68. The minimum absolute atomic E-state index is 0.00382. The highest BCUT2D eigenvalue weighted by Crippen LogP contribution is 2.29. The summed E-state index contributed by atoms with van der Waals surface area (Å²) >= 11 is 0. The number of carbonyl (C=O) groups excluding carboxylic acids is 2. The first-order chi connectivity index (χ1) is 14.0. The molecule has 1 amide bonds. The average Bonchev–Trinajstić information content (AvgIpc) is 3.51. The lowest BCUT2D eigenvalue weighted by molar-refractivity contribution is 0.0950. The summed E-state index contributed by atoms with van der Waals surface area (Å²) in [5.74, 6) is -0.457. The molecule has 2 N–H and O–H groups in total. The van der Waals surface area contributed by atoms with E-state index in [9.17, 15) is 9.59 Å². The molecule has 4 rings (SSSR count). The largest absolute Gasteiger partial charge is 0.382 e. The van der Waals surface area contributed by atoms with Gasteiger partial charge in [0.25, 0.3) is 5.91 Å². The van der Waals surface area contributed by atoms with E-state index in [2.05, 4.69) is 5.10 Å². The molecule has 0 saturated heterocycles. The van der Waals surface area contributed by atoms with E-state index in [-0.39, 0.29) is 29.1 Å². The van der Waals surface area contributed by atoms with Crippen molar-refractivity contribution in [2.24, 2.45) is 0 Å². The van der Waals surface area contributed by atoms with Gasteiger partial charge in [0.05, 0.1) is 29.4 Å². The maximum atomic E-state index is 13.1. The zero-order valence-electron chi connectivity index (χ0n) is 15.9. The van der Waals surface area contributed by atoms with Crippen LogP contribution >= 0.6 is 0 Å². The monoisotopic (exact) mass is 385 g/mol. The molecule has 1 heterocycles. The lowest BCUT2D eigenvalue weighted by Gasteiger charge is -2.23. The van der Waals surface area contributed by atoms with Gasteiger partial charge < -0.3 is 5.73 Å². The Bertz CT molecular complexity index is 1140. The van der Waals surface area contributed by atoms with Gasteiger partial charge in [-0.15, -0.1) is 0 Å². The first kappa shape index (κ1) is 18.4. The Morgan fingerprint density at radius 1 is 1.17 bits per heavy atom. The van der Waals surface area contributed by atoms with Gasteiger partial charge in [-0.2, -0.15) is 15.2 Å². The molecule has 7 heteroatoms. The van der Waals surface area contributed by atoms with Crippen molar-refractivity contribution in [1.29, 1.82) is 5.26 Å². The van der Waals surface area contributed by atoms with E-state index in [1.165, 1.54) is 22.1 Å². The van der Waals surface area contributed by atoms with Crippen molar-refractivity contribution >= 4 is 17.5 Å². The summed E-state index contributed by atoms with van der Waals surface area (Å²) in [5, 5.41) is 14.8. The van der Waals surface area contributed by atoms with Gasteiger partial charge in [-0.1, -0.05) is 29.8 Å². The molecule has 1 aliphatic carbocycles. The molecule has 1 aliphatic rings. The van der Waals surface area contributed by atoms with Crippen molar-refractivity contribution in [3.05, 3.63) is 82.5 Å². The third kappa shape index (κ3) is 3.48. The molecule has 144 valence electrons. The van der Waals surface area contributed by atoms with Gasteiger partial charge in [-0.25, -0.2) is 5.01 Å². The number of benzene rings is 2. The molecule has 29 heavy (non-hydrogen) atoms. The second-order valence-electron chi connectivity index (χ2n) is 7.10. The fourth-order valence-electron chi connectivity index (χ4n) is 3.13. The average molecular weight is 385 g/mol. The van der Waals surface area contributed by atoms with Crippen molar-refractivity contribution < 1.29 is 9.59 Å². The fourth-order valence-corrected chi connectivity index (χ4v) is 3.13. The number of nitrogens with zero attached hydrogens (tertiary/aromatic N) is 4. The predicted molar refractivity (Wildman–Crippen MR) is 108 cm³/mol. The van der Waals surface area contributed by atoms with Gasteiger partial charge in [0.15, 0.2) is 11.6 Å². The zero-order valence-corrected chi connectivity index (χ0v) is 15.9. The number of aromatic nitrogens is 2. The van der Waals surface area contributed by atoms with Crippen molar-refractivity contribution in [3.8, 4) is 6.07 Å². The number of nitrogens with two attached hydrogens (primary N) is 1. The molecule has 0 unspecified atom stereocenters. The number of carbonyl (C=O) groups is 2. The third-order valence-corrected chi connectivity index (χ3v) is 4.89. The number of amides is 1. The predicted octanol–water partition coefficient (Wildman–Crippen LogP) is 2.82. The van der Waals surface area contributed by atoms with E-state index >= 15 is 0 Å². The molecule has 2 aromatic carbocycles. The molecule has 1 fully saturated rings. The SMILES string of the molecule is Cc1ccc(C(=O)N(C2CC2)n2ncc(C(=O)c3cccc(C#N)c3)c2N)cc1. The standard InChI is InChI=1S/C22H19N5O2/c1-14-5-7-16(8-6-14)22(29)26(18-9-10-18)27-21(24)19(13-25-27)20(28)17-4-2-3-15(11-17)12-23/h2-8,11,13,18H,9-10,24H2,1H3. The lowest BCUT2D eigenvalue weighted by atomic mass is 10.0. The van der Waals surface area contributed by atoms with Crippen LogP contribution in [0.3, 0.4) is 0 Å². The van der Waals surface area contributed by atoms with Crippen LogP contribution in [0.25, 0.3) is 0 Å². The topological polar surface area (TPSA) is 105 Å². The molecule has 0 radical (unpaired) electrons. The number of hydrogen-bond donors (Lipinski definition) is 1. The molecule has 1 aromatic heterocycles. The molecule has 7 nitrogen and oxygen atoms in total. The van der Waals surface area contributed by atoms with Crippen molar-refractivity contribution in [2.75, 3.05) is 10.7 Å². The molecule has 0 bridgehead atoms. The molecular weight excluding hydrogens is 366 g/mol. The van der Waals surface area contributed by atoms with Crippen molar-refractivity contribution in [3.63, 3.8) is 0 Å². The minimum Gasteiger partial charge on any atom is -0.382 e. The summed E-state index contributed by atoms with van der Waals surface area (Å²) in [7, 11) is 0. The molecular formula is C22H19N5O2. The molecule has 0 spiro atoms. The quantitative estimate of drug-likeness (QED) is 0.680. The summed E-state index contributed by atoms with van der Waals surface area (Å²) in [6.07, 6.45) is 3.07. The van der Waals surface area contributed by atoms with Gasteiger partial charge in [-0.05, 0) is 44.0 Å². The van der Waals surface area contributed by atoms with E-state index in [1.54, 1.807) is 30.3 Å². The number of anilines is 1. The summed E-state index contributed by atoms with van der Waals surface area (Å²) < 4.78 is 0. The minimum atomic E-state index is -0.343. The van der Waals surface area contributed by atoms with Crippen LogP contribution in [0, 0.1) is 18.3 Å². The van der Waals surface area contributed by atoms with Crippen LogP contribution < -0.4 is 10.7 Å². The normalized spacial score (nSPS) is 13.0. The van der Waals surface area contributed by atoms with Crippen LogP contribution in [-0.4, -0.2) is 27.6 Å². The Hall–Kier alpha value is -3.92. The highest BCUT2D eigenvalue weighted by atomic mass is 16.2. The fraction of sp³-hybridized carbons (Fsp3) is 0.182. The summed E-state index contributed by atoms with van der Waals surface area (Å²) in [6, 6.07) is 15.7. The van der Waals surface area contributed by atoms with E-state index in [0.717, 1.165) is 18.4 Å². The zero-order chi connectivity index (χ0) is 20.5. The van der Waals surface area contributed by atoms with Crippen LogP contribution in [0.2, 0.25) is 0 Å². The Morgan fingerprint density at radius 2 is 1.90 bits per heavy atom. The van der Waals surface area contributed by atoms with Gasteiger partial charge in [0.2, 0.25) is 0 Å². The van der Waals surface area contributed by atoms with Gasteiger partial charge in [0.1, 0.15) is 0 Å². The molecule has 0 aliphatic heterocycles. The Kier molecular flexibility index (Phi) is 4.61. The summed E-state index contributed by atoms with van der Waals surface area (Å²) in [5.41, 5.74) is 8.76. The summed E-state index contributed by atoms with van der Waals surface area (Å²) in [6.45, 7) is 1.96. The van der Waals surface area contributed by atoms with Crippen LogP contribution in [0.4, 0.5) is 5.82 Å². The number of ketones is 1. The first-order valence-corrected chi connectivity index (χ1v) is 9.28. The lowest BCUT2D eigenvalue weighted by Crippen LogP contribution is -2.43. The second kappa shape index (κ2) is 7.24. The van der Waals surface area contributed by atoms with E-state index < -0.39 is 0 Å². The number of aryl methyl sites for hydroxylation is 1. The molecule has 1 saturated carbocycles. The molecule has 0 atom stereocenters. The Labute approximate surface area is 167 Å². The van der Waals surface area contributed by atoms with Gasteiger partial charge in [-0.3, -0.25) is 9.59 Å². The van der Waals surface area contributed by atoms with Crippen LogP contribution in [0.15, 0.2) is 54.7 Å². The summed E-state index contributed by atoms with van der Waals surface area (Å²) in [4.78, 5) is 27.3. The first-order valence-electron chi connectivity index (χ1n) is 9.28. The van der Waals surface area contributed by atoms with Crippen LogP contribution in [-0.2, 0) is 0 Å². The smallest absolute Gasteiger partial charge is 0.274 e. The second-order valence-corrected chi connectivity index (χ2v) is 7.10. The van der Waals surface area contributed by atoms with E-state index in [4.69, 9.17) is 11.0 Å². The number of nitriles is 1. The third-order valence-electron chi connectivity index (χ3n) is 4.89. The number of rotatable bonds is 5. The number of nitrogen functional groups attached to an aromatic ring is 1. The van der Waals surface area contributed by atoms with Crippen LogP contribution in [0.5, 0.6) is 0 Å². The van der Waals surface area contributed by atoms with Crippen molar-refractivity contribution in [1.82, 2.24) is 9.89 Å². The highest BCUT2D eigenvalue weighted by Gasteiger charge is 2.37. The highest BCUT2D eigenvalue weighted by molar-refractivity contribution is 6.12. The van der Waals surface area contributed by atoms with E-state index in [0.29, 0.717) is 16.7 Å².